The van der Waals surface area contributed by atoms with Crippen LogP contribution >= 0.6 is 0 Å². The molecule has 4 nitrogen and oxygen atoms in total. The van der Waals surface area contributed by atoms with Crippen molar-refractivity contribution in [3.05, 3.63) is 54.1 Å². The van der Waals surface area contributed by atoms with E-state index in [1.54, 1.807) is 18.2 Å². The standard InChI is InChI=1S/C15H15F2NO3S/c1-2-9-21-14-6-4-3-5-13(14)18-22(19,20)15-8-7-11(16)10-12(15)17/h3-8,10,18H,2,9H2,1H3. The highest BCUT2D eigenvalue weighted by atomic mass is 32.2. The van der Waals surface area contributed by atoms with E-state index in [0.717, 1.165) is 18.6 Å². The van der Waals surface area contributed by atoms with Crippen molar-refractivity contribution in [2.45, 2.75) is 18.2 Å². The van der Waals surface area contributed by atoms with Crippen LogP contribution in [-0.2, 0) is 10.0 Å². The molecule has 2 aromatic rings. The van der Waals surface area contributed by atoms with Crippen LogP contribution in [-0.4, -0.2) is 15.0 Å². The third-order valence-corrected chi connectivity index (χ3v) is 4.18. The summed E-state index contributed by atoms with van der Waals surface area (Å²) in [6.07, 6.45) is 0.758. The van der Waals surface area contributed by atoms with Crippen molar-refractivity contribution in [1.29, 1.82) is 0 Å². The lowest BCUT2D eigenvalue weighted by Gasteiger charge is -2.13. The highest BCUT2D eigenvalue weighted by molar-refractivity contribution is 7.92. The van der Waals surface area contributed by atoms with Crippen LogP contribution in [0.3, 0.4) is 0 Å². The maximum absolute atomic E-state index is 13.7. The van der Waals surface area contributed by atoms with Gasteiger partial charge in [-0.3, -0.25) is 4.72 Å². The third-order valence-electron chi connectivity index (χ3n) is 2.78. The fraction of sp³-hybridized carbons (Fsp3) is 0.200. The number of ether oxygens (including phenoxy) is 1. The Labute approximate surface area is 127 Å². The summed E-state index contributed by atoms with van der Waals surface area (Å²) >= 11 is 0. The number of anilines is 1. The van der Waals surface area contributed by atoms with Gasteiger partial charge in [-0.2, -0.15) is 0 Å². The molecule has 118 valence electrons. The fourth-order valence-corrected chi connectivity index (χ4v) is 2.91. The molecule has 22 heavy (non-hydrogen) atoms. The number of nitrogens with one attached hydrogen (secondary N) is 1. The molecule has 1 N–H and O–H groups in total. The molecule has 0 aliphatic carbocycles. The molecule has 0 saturated heterocycles. The Balaban J connectivity index is 2.33. The van der Waals surface area contributed by atoms with Gasteiger partial charge in [0.1, 0.15) is 22.3 Å². The zero-order valence-corrected chi connectivity index (χ0v) is 12.7. The summed E-state index contributed by atoms with van der Waals surface area (Å²) in [4.78, 5) is -0.626. The summed E-state index contributed by atoms with van der Waals surface area (Å²) in [6.45, 7) is 2.34. The van der Waals surface area contributed by atoms with Gasteiger partial charge >= 0.3 is 0 Å². The molecule has 0 aliphatic heterocycles. The minimum absolute atomic E-state index is 0.194. The molecule has 0 spiro atoms. The van der Waals surface area contributed by atoms with E-state index in [1.165, 1.54) is 6.07 Å². The molecule has 0 heterocycles. The normalized spacial score (nSPS) is 11.2. The first-order chi connectivity index (χ1) is 10.4. The minimum atomic E-state index is -4.18. The van der Waals surface area contributed by atoms with Crippen LogP contribution in [0, 0.1) is 11.6 Å². The quantitative estimate of drug-likeness (QED) is 0.883. The van der Waals surface area contributed by atoms with Crippen LogP contribution < -0.4 is 9.46 Å². The minimum Gasteiger partial charge on any atom is -0.491 e. The van der Waals surface area contributed by atoms with Crippen LogP contribution in [0.4, 0.5) is 14.5 Å². The van der Waals surface area contributed by atoms with Gasteiger partial charge < -0.3 is 4.74 Å². The molecule has 0 radical (unpaired) electrons. The van der Waals surface area contributed by atoms with E-state index in [4.69, 9.17) is 4.74 Å². The first-order valence-corrected chi connectivity index (χ1v) is 8.12. The van der Waals surface area contributed by atoms with Gasteiger partial charge in [-0.1, -0.05) is 19.1 Å². The van der Waals surface area contributed by atoms with Crippen molar-refractivity contribution >= 4 is 15.7 Å². The summed E-state index contributed by atoms with van der Waals surface area (Å²) in [6, 6.07) is 8.71. The van der Waals surface area contributed by atoms with Gasteiger partial charge in [0.25, 0.3) is 10.0 Å². The Morgan fingerprint density at radius 2 is 1.86 bits per heavy atom. The van der Waals surface area contributed by atoms with Gasteiger partial charge in [0.15, 0.2) is 0 Å². The zero-order valence-electron chi connectivity index (χ0n) is 11.8. The molecular weight excluding hydrogens is 312 g/mol. The topological polar surface area (TPSA) is 55.4 Å². The number of halogens is 2. The number of benzene rings is 2. The van der Waals surface area contributed by atoms with Crippen molar-refractivity contribution < 1.29 is 21.9 Å². The highest BCUT2D eigenvalue weighted by Crippen LogP contribution is 2.27. The van der Waals surface area contributed by atoms with Crippen molar-refractivity contribution in [2.24, 2.45) is 0 Å². The van der Waals surface area contributed by atoms with Gasteiger partial charge in [0, 0.05) is 6.07 Å². The second-order valence-electron chi connectivity index (χ2n) is 4.52. The monoisotopic (exact) mass is 327 g/mol. The van der Waals surface area contributed by atoms with Crippen molar-refractivity contribution in [3.63, 3.8) is 0 Å². The Hall–Kier alpha value is -2.15. The summed E-state index contributed by atoms with van der Waals surface area (Å²) in [5, 5.41) is 0. The first kappa shape index (κ1) is 16.2. The average molecular weight is 327 g/mol. The molecule has 2 aromatic carbocycles. The molecule has 0 fully saturated rings. The first-order valence-electron chi connectivity index (χ1n) is 6.63. The number of sulfonamides is 1. The molecule has 0 bridgehead atoms. The van der Waals surface area contributed by atoms with E-state index in [0.29, 0.717) is 18.4 Å². The van der Waals surface area contributed by atoms with Crippen LogP contribution in [0.5, 0.6) is 5.75 Å². The number of hydrogen-bond acceptors (Lipinski definition) is 3. The number of rotatable bonds is 6. The van der Waals surface area contributed by atoms with Crippen LogP contribution in [0.2, 0.25) is 0 Å². The second-order valence-corrected chi connectivity index (χ2v) is 6.18. The van der Waals surface area contributed by atoms with Crippen LogP contribution in [0.25, 0.3) is 0 Å². The molecule has 0 atom stereocenters. The van der Waals surface area contributed by atoms with E-state index in [9.17, 15) is 17.2 Å². The Kier molecular flexibility index (Phi) is 4.97. The average Bonchev–Trinajstić information content (AvgIpc) is 2.45. The number of hydrogen-bond donors (Lipinski definition) is 1. The molecule has 2 rings (SSSR count). The smallest absolute Gasteiger partial charge is 0.264 e. The summed E-state index contributed by atoms with van der Waals surface area (Å²) in [5.41, 5.74) is 0.194. The lowest BCUT2D eigenvalue weighted by molar-refractivity contribution is 0.319. The van der Waals surface area contributed by atoms with Crippen LogP contribution in [0.1, 0.15) is 13.3 Å². The van der Waals surface area contributed by atoms with Crippen molar-refractivity contribution in [3.8, 4) is 5.75 Å². The maximum atomic E-state index is 13.7. The molecule has 0 amide bonds. The van der Waals surface area contributed by atoms with E-state index in [-0.39, 0.29) is 5.69 Å². The molecule has 0 aromatic heterocycles. The summed E-state index contributed by atoms with van der Waals surface area (Å²) in [7, 11) is -4.18. The molecular formula is C15H15F2NO3S. The Morgan fingerprint density at radius 1 is 1.14 bits per heavy atom. The molecule has 0 aliphatic rings. The molecule has 0 unspecified atom stereocenters. The molecule has 7 heteroatoms. The maximum Gasteiger partial charge on any atom is 0.264 e. The van der Waals surface area contributed by atoms with E-state index in [2.05, 4.69) is 4.72 Å². The second kappa shape index (κ2) is 6.74. The third kappa shape index (κ3) is 3.73. The van der Waals surface area contributed by atoms with Crippen molar-refractivity contribution in [1.82, 2.24) is 0 Å². The van der Waals surface area contributed by atoms with Crippen LogP contribution in [0.15, 0.2) is 47.4 Å². The molecule has 0 saturated carbocycles. The summed E-state index contributed by atoms with van der Waals surface area (Å²) < 4.78 is 58.7. The predicted octanol–water partition coefficient (Wildman–Crippen LogP) is 3.55. The van der Waals surface area contributed by atoms with E-state index < -0.39 is 26.6 Å². The Morgan fingerprint density at radius 3 is 2.55 bits per heavy atom. The Bertz CT molecular complexity index is 763. The van der Waals surface area contributed by atoms with Gasteiger partial charge in [-0.15, -0.1) is 0 Å². The largest absolute Gasteiger partial charge is 0.491 e. The van der Waals surface area contributed by atoms with Gasteiger partial charge in [-0.05, 0) is 30.7 Å². The fourth-order valence-electron chi connectivity index (χ4n) is 1.78. The van der Waals surface area contributed by atoms with E-state index in [1.807, 2.05) is 6.92 Å². The van der Waals surface area contributed by atoms with Crippen molar-refractivity contribution in [2.75, 3.05) is 11.3 Å². The summed E-state index contributed by atoms with van der Waals surface area (Å²) in [5.74, 6) is -1.65. The lowest BCUT2D eigenvalue weighted by atomic mass is 10.3. The number of para-hydroxylation sites is 2. The van der Waals surface area contributed by atoms with Gasteiger partial charge in [0.05, 0.1) is 12.3 Å². The van der Waals surface area contributed by atoms with Gasteiger partial charge in [-0.25, -0.2) is 17.2 Å². The zero-order chi connectivity index (χ0) is 16.2. The highest BCUT2D eigenvalue weighted by Gasteiger charge is 2.21. The van der Waals surface area contributed by atoms with Gasteiger partial charge in [0.2, 0.25) is 0 Å². The lowest BCUT2D eigenvalue weighted by Crippen LogP contribution is -2.15. The van der Waals surface area contributed by atoms with E-state index >= 15 is 0 Å². The predicted molar refractivity (Wildman–Crippen MR) is 79.4 cm³/mol. The SMILES string of the molecule is CCCOc1ccccc1NS(=O)(=O)c1ccc(F)cc1F.